The number of pyridine rings is 1. The second-order valence-electron chi connectivity index (χ2n) is 6.88. The van der Waals surface area contributed by atoms with Crippen LogP contribution in [0, 0.1) is 12.8 Å². The quantitative estimate of drug-likeness (QED) is 0.900. The maximum absolute atomic E-state index is 11.5. The van der Waals surface area contributed by atoms with E-state index in [4.69, 9.17) is 4.98 Å². The molecule has 1 aliphatic heterocycles. The van der Waals surface area contributed by atoms with Crippen LogP contribution in [-0.4, -0.2) is 34.0 Å². The minimum Gasteiger partial charge on any atom is -0.481 e. The number of hydrogen-bond acceptors (Lipinski definition) is 3. The second kappa shape index (κ2) is 7.79. The van der Waals surface area contributed by atoms with Crippen molar-refractivity contribution in [2.75, 3.05) is 13.1 Å². The number of piperidine rings is 1. The Balaban J connectivity index is 1.99. The topological polar surface area (TPSA) is 53.4 Å². The molecule has 0 amide bonds. The van der Waals surface area contributed by atoms with Gasteiger partial charge in [0.15, 0.2) is 0 Å². The molecule has 1 aromatic heterocycles. The van der Waals surface area contributed by atoms with Crippen LogP contribution in [0.5, 0.6) is 0 Å². The zero-order valence-electron chi connectivity index (χ0n) is 15.0. The number of likely N-dealkylation sites (tertiary alicyclic amines) is 1. The normalized spacial score (nSPS) is 19.5. The van der Waals surface area contributed by atoms with Gasteiger partial charge in [0.2, 0.25) is 0 Å². The van der Waals surface area contributed by atoms with Crippen molar-refractivity contribution in [3.05, 3.63) is 65.0 Å². The van der Waals surface area contributed by atoms with E-state index in [1.165, 1.54) is 16.7 Å². The van der Waals surface area contributed by atoms with E-state index in [0.717, 1.165) is 31.5 Å². The Morgan fingerprint density at radius 3 is 2.76 bits per heavy atom. The van der Waals surface area contributed by atoms with E-state index >= 15 is 0 Å². The van der Waals surface area contributed by atoms with Crippen molar-refractivity contribution in [1.29, 1.82) is 0 Å². The predicted octanol–water partition coefficient (Wildman–Crippen LogP) is 3.84. The van der Waals surface area contributed by atoms with Gasteiger partial charge in [-0.05, 0) is 55.5 Å². The number of hydrogen-bond donors (Lipinski definition) is 1. The van der Waals surface area contributed by atoms with Crippen LogP contribution >= 0.6 is 0 Å². The lowest BCUT2D eigenvalue weighted by Gasteiger charge is -2.37. The van der Waals surface area contributed by atoms with Crippen molar-refractivity contribution in [1.82, 2.24) is 9.88 Å². The Hall–Kier alpha value is -2.20. The van der Waals surface area contributed by atoms with E-state index in [-0.39, 0.29) is 12.0 Å². The third kappa shape index (κ3) is 3.90. The van der Waals surface area contributed by atoms with Crippen LogP contribution in [0.4, 0.5) is 0 Å². The standard InChI is InChI=1S/C21H26N2O2/c1-3-16-10-11-19(22-13-16)20(18-9-5-4-7-15(18)2)23-12-6-8-17(14-23)21(24)25/h4-5,7,9-11,13,17,20H,3,6,8,12,14H2,1-2H3,(H,24,25). The Morgan fingerprint density at radius 1 is 1.32 bits per heavy atom. The molecule has 1 N–H and O–H groups in total. The summed E-state index contributed by atoms with van der Waals surface area (Å²) in [7, 11) is 0. The number of nitrogens with zero attached hydrogens (tertiary/aromatic N) is 2. The van der Waals surface area contributed by atoms with Gasteiger partial charge in [0, 0.05) is 12.7 Å². The lowest BCUT2D eigenvalue weighted by molar-refractivity contribution is -0.143. The third-order valence-electron chi connectivity index (χ3n) is 5.19. The summed E-state index contributed by atoms with van der Waals surface area (Å²) in [6, 6.07) is 12.6. The van der Waals surface area contributed by atoms with E-state index < -0.39 is 5.97 Å². The van der Waals surface area contributed by atoms with Gasteiger partial charge in [-0.1, -0.05) is 37.3 Å². The van der Waals surface area contributed by atoms with Gasteiger partial charge in [0.25, 0.3) is 0 Å². The number of aryl methyl sites for hydroxylation is 2. The van der Waals surface area contributed by atoms with Gasteiger partial charge in [-0.15, -0.1) is 0 Å². The van der Waals surface area contributed by atoms with E-state index in [2.05, 4.69) is 43.0 Å². The summed E-state index contributed by atoms with van der Waals surface area (Å²) in [5.74, 6) is -0.988. The number of carbonyl (C=O) groups is 1. The van der Waals surface area contributed by atoms with Crippen LogP contribution in [0.1, 0.15) is 48.2 Å². The molecular weight excluding hydrogens is 312 g/mol. The number of carboxylic acids is 1. The van der Waals surface area contributed by atoms with Gasteiger partial charge in [0.05, 0.1) is 17.7 Å². The maximum Gasteiger partial charge on any atom is 0.307 e. The molecule has 2 unspecified atom stereocenters. The zero-order chi connectivity index (χ0) is 17.8. The van der Waals surface area contributed by atoms with Gasteiger partial charge >= 0.3 is 5.97 Å². The van der Waals surface area contributed by atoms with Crippen molar-refractivity contribution in [2.45, 2.75) is 39.2 Å². The molecule has 0 aliphatic carbocycles. The average Bonchev–Trinajstić information content (AvgIpc) is 2.64. The Morgan fingerprint density at radius 2 is 2.12 bits per heavy atom. The first-order valence-electron chi connectivity index (χ1n) is 9.07. The van der Waals surface area contributed by atoms with Gasteiger partial charge in [0.1, 0.15) is 0 Å². The molecule has 0 radical (unpaired) electrons. The lowest BCUT2D eigenvalue weighted by atomic mass is 9.91. The van der Waals surface area contributed by atoms with Crippen LogP contribution < -0.4 is 0 Å². The molecule has 3 rings (SSSR count). The van der Waals surface area contributed by atoms with Crippen molar-refractivity contribution in [3.8, 4) is 0 Å². The minimum absolute atomic E-state index is 0.00857. The van der Waals surface area contributed by atoms with E-state index in [1.807, 2.05) is 18.3 Å². The van der Waals surface area contributed by atoms with E-state index in [0.29, 0.717) is 6.54 Å². The molecule has 1 aromatic carbocycles. The highest BCUT2D eigenvalue weighted by molar-refractivity contribution is 5.70. The molecule has 132 valence electrons. The molecular formula is C21H26N2O2. The molecule has 1 fully saturated rings. The summed E-state index contributed by atoms with van der Waals surface area (Å²) in [5, 5.41) is 9.46. The fourth-order valence-corrected chi connectivity index (χ4v) is 3.69. The second-order valence-corrected chi connectivity index (χ2v) is 6.88. The Kier molecular flexibility index (Phi) is 5.49. The number of carboxylic acid groups (broad SMARTS) is 1. The van der Waals surface area contributed by atoms with Crippen molar-refractivity contribution < 1.29 is 9.90 Å². The molecule has 25 heavy (non-hydrogen) atoms. The molecule has 0 bridgehead atoms. The lowest BCUT2D eigenvalue weighted by Crippen LogP contribution is -2.41. The van der Waals surface area contributed by atoms with Crippen molar-refractivity contribution in [3.63, 3.8) is 0 Å². The van der Waals surface area contributed by atoms with Crippen molar-refractivity contribution in [2.24, 2.45) is 5.92 Å². The highest BCUT2D eigenvalue weighted by atomic mass is 16.4. The fraction of sp³-hybridized carbons (Fsp3) is 0.429. The molecule has 2 aromatic rings. The van der Waals surface area contributed by atoms with E-state index in [1.54, 1.807) is 0 Å². The van der Waals surface area contributed by atoms with Gasteiger partial charge in [-0.25, -0.2) is 0 Å². The number of rotatable bonds is 5. The van der Waals surface area contributed by atoms with Crippen molar-refractivity contribution >= 4 is 5.97 Å². The molecule has 1 aliphatic rings. The number of aliphatic carboxylic acids is 1. The summed E-state index contributed by atoms with van der Waals surface area (Å²) in [4.78, 5) is 18.5. The SMILES string of the molecule is CCc1ccc(C(c2ccccc2C)N2CCCC(C(=O)O)C2)nc1. The van der Waals surface area contributed by atoms with Gasteiger partial charge in [-0.3, -0.25) is 14.7 Å². The Bertz CT molecular complexity index is 727. The highest BCUT2D eigenvalue weighted by Gasteiger charge is 2.32. The number of benzene rings is 1. The Labute approximate surface area is 149 Å². The van der Waals surface area contributed by atoms with Gasteiger partial charge < -0.3 is 5.11 Å². The molecule has 2 atom stereocenters. The van der Waals surface area contributed by atoms with Crippen LogP contribution in [0.3, 0.4) is 0 Å². The summed E-state index contributed by atoms with van der Waals surface area (Å²) >= 11 is 0. The van der Waals surface area contributed by atoms with Crippen LogP contribution in [0.2, 0.25) is 0 Å². The predicted molar refractivity (Wildman–Crippen MR) is 98.6 cm³/mol. The third-order valence-corrected chi connectivity index (χ3v) is 5.19. The first kappa shape index (κ1) is 17.6. The fourth-order valence-electron chi connectivity index (χ4n) is 3.69. The summed E-state index contributed by atoms with van der Waals surface area (Å²) in [5.41, 5.74) is 4.64. The molecule has 4 heteroatoms. The zero-order valence-corrected chi connectivity index (χ0v) is 15.0. The maximum atomic E-state index is 11.5. The monoisotopic (exact) mass is 338 g/mol. The molecule has 4 nitrogen and oxygen atoms in total. The summed E-state index contributed by atoms with van der Waals surface area (Å²) in [6.45, 7) is 5.71. The van der Waals surface area contributed by atoms with Crippen LogP contribution in [0.25, 0.3) is 0 Å². The largest absolute Gasteiger partial charge is 0.481 e. The first-order valence-corrected chi connectivity index (χ1v) is 9.07. The highest BCUT2D eigenvalue weighted by Crippen LogP contribution is 2.33. The molecule has 0 saturated carbocycles. The molecule has 1 saturated heterocycles. The first-order chi connectivity index (χ1) is 12.1. The molecule has 0 spiro atoms. The summed E-state index contributed by atoms with van der Waals surface area (Å²) < 4.78 is 0. The van der Waals surface area contributed by atoms with Gasteiger partial charge in [-0.2, -0.15) is 0 Å². The van der Waals surface area contributed by atoms with E-state index in [9.17, 15) is 9.90 Å². The smallest absolute Gasteiger partial charge is 0.307 e. The van der Waals surface area contributed by atoms with Crippen LogP contribution in [-0.2, 0) is 11.2 Å². The summed E-state index contributed by atoms with van der Waals surface area (Å²) in [6.07, 6.45) is 4.58. The number of aromatic nitrogens is 1. The van der Waals surface area contributed by atoms with Crippen LogP contribution in [0.15, 0.2) is 42.6 Å². The molecule has 2 heterocycles. The minimum atomic E-state index is -0.692. The average molecular weight is 338 g/mol.